The van der Waals surface area contributed by atoms with Gasteiger partial charge in [-0.05, 0) is 26.8 Å². The van der Waals surface area contributed by atoms with Crippen molar-refractivity contribution in [1.29, 1.82) is 0 Å². The summed E-state index contributed by atoms with van der Waals surface area (Å²) in [5, 5.41) is 5.73. The molecule has 106 valence electrons. The Bertz CT molecular complexity index is 604. The Balaban J connectivity index is 2.08. The van der Waals surface area contributed by atoms with E-state index in [1.165, 1.54) is 12.4 Å². The molecule has 0 fully saturated rings. The van der Waals surface area contributed by atoms with Gasteiger partial charge < -0.3 is 15.1 Å². The monoisotopic (exact) mass is 274 g/mol. The van der Waals surface area contributed by atoms with Crippen LogP contribution in [0.15, 0.2) is 22.9 Å². The summed E-state index contributed by atoms with van der Waals surface area (Å²) in [5.41, 5.74) is 1.25. The molecule has 0 radical (unpaired) electrons. The molecule has 6 nitrogen and oxygen atoms in total. The van der Waals surface area contributed by atoms with Gasteiger partial charge in [-0.3, -0.25) is 4.79 Å². The Kier molecular flexibility index (Phi) is 4.02. The zero-order valence-corrected chi connectivity index (χ0v) is 12.0. The lowest BCUT2D eigenvalue weighted by Crippen LogP contribution is -2.27. The van der Waals surface area contributed by atoms with Crippen LogP contribution in [0, 0.1) is 13.8 Å². The lowest BCUT2D eigenvalue weighted by atomic mass is 10.1. The lowest BCUT2D eigenvalue weighted by molar-refractivity contribution is 0.0934. The maximum atomic E-state index is 12.1. The number of aromatic nitrogens is 2. The molecule has 0 saturated carbocycles. The van der Waals surface area contributed by atoms with E-state index in [0.29, 0.717) is 5.82 Å². The summed E-state index contributed by atoms with van der Waals surface area (Å²) in [7, 11) is 1.75. The van der Waals surface area contributed by atoms with Crippen LogP contribution in [0.5, 0.6) is 0 Å². The van der Waals surface area contributed by atoms with Crippen molar-refractivity contribution in [2.24, 2.45) is 0 Å². The summed E-state index contributed by atoms with van der Waals surface area (Å²) in [6, 6.07) is 1.78. The number of amides is 1. The van der Waals surface area contributed by atoms with E-state index in [2.05, 4.69) is 20.6 Å². The zero-order chi connectivity index (χ0) is 14.7. The van der Waals surface area contributed by atoms with Crippen molar-refractivity contribution in [3.8, 4) is 0 Å². The molecule has 2 N–H and O–H groups in total. The number of anilines is 1. The molecule has 0 aromatic carbocycles. The fourth-order valence-electron chi connectivity index (χ4n) is 2.00. The van der Waals surface area contributed by atoms with Gasteiger partial charge in [0.25, 0.3) is 5.91 Å². The number of carbonyl (C=O) groups is 1. The standard InChI is InChI=1S/C14H18N4O2/c1-8-5-11(10(3)20-8)9(2)18-14(19)12-6-17-13(15-4)7-16-12/h5-7,9H,1-4H3,(H,15,17)(H,18,19). The third-order valence-electron chi connectivity index (χ3n) is 3.03. The average molecular weight is 274 g/mol. The maximum absolute atomic E-state index is 12.1. The molecule has 2 aromatic heterocycles. The van der Waals surface area contributed by atoms with E-state index in [9.17, 15) is 4.79 Å². The van der Waals surface area contributed by atoms with Gasteiger partial charge in [0.15, 0.2) is 0 Å². The fourth-order valence-corrected chi connectivity index (χ4v) is 2.00. The molecule has 0 bridgehead atoms. The predicted molar refractivity (Wildman–Crippen MR) is 75.6 cm³/mol. The van der Waals surface area contributed by atoms with E-state index in [1.807, 2.05) is 26.8 Å². The van der Waals surface area contributed by atoms with Gasteiger partial charge in [0.1, 0.15) is 23.0 Å². The second-order valence-electron chi connectivity index (χ2n) is 4.60. The van der Waals surface area contributed by atoms with Gasteiger partial charge in [0.05, 0.1) is 18.4 Å². The Hall–Kier alpha value is -2.37. The molecule has 0 saturated heterocycles. The van der Waals surface area contributed by atoms with Crippen LogP contribution < -0.4 is 10.6 Å². The first-order chi connectivity index (χ1) is 9.51. The Morgan fingerprint density at radius 2 is 2.05 bits per heavy atom. The number of aryl methyl sites for hydroxylation is 2. The first-order valence-corrected chi connectivity index (χ1v) is 6.39. The quantitative estimate of drug-likeness (QED) is 0.893. The number of nitrogens with zero attached hydrogens (tertiary/aromatic N) is 2. The summed E-state index contributed by atoms with van der Waals surface area (Å²) in [6.07, 6.45) is 2.97. The van der Waals surface area contributed by atoms with Gasteiger partial charge in [-0.25, -0.2) is 9.97 Å². The number of furan rings is 1. The van der Waals surface area contributed by atoms with Crippen LogP contribution >= 0.6 is 0 Å². The minimum Gasteiger partial charge on any atom is -0.466 e. The van der Waals surface area contributed by atoms with Gasteiger partial charge in [-0.2, -0.15) is 0 Å². The van der Waals surface area contributed by atoms with Crippen LogP contribution in [0.3, 0.4) is 0 Å². The molecule has 1 amide bonds. The summed E-state index contributed by atoms with van der Waals surface area (Å²) in [6.45, 7) is 5.67. The molecule has 2 heterocycles. The molecule has 20 heavy (non-hydrogen) atoms. The summed E-state index contributed by atoms with van der Waals surface area (Å²) in [4.78, 5) is 20.2. The van der Waals surface area contributed by atoms with Crippen molar-refractivity contribution in [3.63, 3.8) is 0 Å². The first kappa shape index (κ1) is 14.0. The zero-order valence-electron chi connectivity index (χ0n) is 12.0. The first-order valence-electron chi connectivity index (χ1n) is 6.39. The largest absolute Gasteiger partial charge is 0.466 e. The van der Waals surface area contributed by atoms with Crippen molar-refractivity contribution >= 4 is 11.7 Å². The van der Waals surface area contributed by atoms with Crippen molar-refractivity contribution in [2.75, 3.05) is 12.4 Å². The molecule has 0 aliphatic rings. The van der Waals surface area contributed by atoms with E-state index < -0.39 is 0 Å². The highest BCUT2D eigenvalue weighted by Gasteiger charge is 2.16. The molecule has 1 unspecified atom stereocenters. The minimum absolute atomic E-state index is 0.147. The molecule has 2 aromatic rings. The topological polar surface area (TPSA) is 80.0 Å². The molecule has 1 atom stereocenters. The van der Waals surface area contributed by atoms with Gasteiger partial charge >= 0.3 is 0 Å². The fraction of sp³-hybridized carbons (Fsp3) is 0.357. The van der Waals surface area contributed by atoms with E-state index in [-0.39, 0.29) is 17.6 Å². The summed E-state index contributed by atoms with van der Waals surface area (Å²) >= 11 is 0. The third-order valence-corrected chi connectivity index (χ3v) is 3.03. The van der Waals surface area contributed by atoms with Crippen molar-refractivity contribution in [3.05, 3.63) is 41.2 Å². The number of nitrogens with one attached hydrogen (secondary N) is 2. The molecule has 0 aliphatic carbocycles. The molecule has 0 aliphatic heterocycles. The van der Waals surface area contributed by atoms with E-state index >= 15 is 0 Å². The van der Waals surface area contributed by atoms with Crippen LogP contribution in [0.1, 0.15) is 40.5 Å². The highest BCUT2D eigenvalue weighted by molar-refractivity contribution is 5.92. The van der Waals surface area contributed by atoms with E-state index in [0.717, 1.165) is 17.1 Å². The van der Waals surface area contributed by atoms with Crippen molar-refractivity contribution in [1.82, 2.24) is 15.3 Å². The van der Waals surface area contributed by atoms with Gasteiger partial charge in [-0.1, -0.05) is 0 Å². The number of hydrogen-bond acceptors (Lipinski definition) is 5. The van der Waals surface area contributed by atoms with Crippen LogP contribution in [0.2, 0.25) is 0 Å². The average Bonchev–Trinajstić information content (AvgIpc) is 2.78. The highest BCUT2D eigenvalue weighted by Crippen LogP contribution is 2.21. The predicted octanol–water partition coefficient (Wildman–Crippen LogP) is 2.22. The normalized spacial score (nSPS) is 12.0. The second-order valence-corrected chi connectivity index (χ2v) is 4.60. The maximum Gasteiger partial charge on any atom is 0.271 e. The van der Waals surface area contributed by atoms with E-state index in [1.54, 1.807) is 7.05 Å². The molecular weight excluding hydrogens is 256 g/mol. The Labute approximate surface area is 117 Å². The molecular formula is C14H18N4O2. The van der Waals surface area contributed by atoms with Crippen LogP contribution in [-0.2, 0) is 0 Å². The van der Waals surface area contributed by atoms with Gasteiger partial charge in [0.2, 0.25) is 0 Å². The van der Waals surface area contributed by atoms with E-state index in [4.69, 9.17) is 4.42 Å². The number of hydrogen-bond donors (Lipinski definition) is 2. The molecule has 6 heteroatoms. The summed E-state index contributed by atoms with van der Waals surface area (Å²) in [5.74, 6) is 2.01. The van der Waals surface area contributed by atoms with Crippen LogP contribution in [0.25, 0.3) is 0 Å². The van der Waals surface area contributed by atoms with Gasteiger partial charge in [0, 0.05) is 12.6 Å². The molecule has 0 spiro atoms. The summed E-state index contributed by atoms with van der Waals surface area (Å²) < 4.78 is 5.47. The highest BCUT2D eigenvalue weighted by atomic mass is 16.3. The number of rotatable bonds is 4. The van der Waals surface area contributed by atoms with Crippen LogP contribution in [0.4, 0.5) is 5.82 Å². The van der Waals surface area contributed by atoms with Gasteiger partial charge in [-0.15, -0.1) is 0 Å². The smallest absolute Gasteiger partial charge is 0.271 e. The lowest BCUT2D eigenvalue weighted by Gasteiger charge is -2.12. The number of carbonyl (C=O) groups excluding carboxylic acids is 1. The Morgan fingerprint density at radius 3 is 2.55 bits per heavy atom. The minimum atomic E-state index is -0.258. The molecule has 2 rings (SSSR count). The third kappa shape index (κ3) is 2.96. The second kappa shape index (κ2) is 5.73. The SMILES string of the molecule is CNc1cnc(C(=O)NC(C)c2cc(C)oc2C)cn1. The van der Waals surface area contributed by atoms with Crippen molar-refractivity contribution < 1.29 is 9.21 Å². The van der Waals surface area contributed by atoms with Crippen molar-refractivity contribution in [2.45, 2.75) is 26.8 Å². The Morgan fingerprint density at radius 1 is 1.30 bits per heavy atom. The van der Waals surface area contributed by atoms with Crippen LogP contribution in [-0.4, -0.2) is 22.9 Å².